The Kier molecular flexibility index (Phi) is 8.67. The molecule has 0 radical (unpaired) electrons. The van der Waals surface area contributed by atoms with Crippen LogP contribution in [0, 0.1) is 0 Å². The zero-order valence-corrected chi connectivity index (χ0v) is 11.7. The van der Waals surface area contributed by atoms with Gasteiger partial charge in [-0.25, -0.2) is 0 Å². The van der Waals surface area contributed by atoms with Gasteiger partial charge < -0.3 is 10.1 Å². The van der Waals surface area contributed by atoms with E-state index in [9.17, 15) is 0 Å². The van der Waals surface area contributed by atoms with Crippen molar-refractivity contribution in [1.29, 1.82) is 0 Å². The molecule has 0 unspecified atom stereocenters. The van der Waals surface area contributed by atoms with E-state index in [1.165, 1.54) is 58.2 Å². The lowest BCUT2D eigenvalue weighted by Crippen LogP contribution is -2.30. The van der Waals surface area contributed by atoms with Crippen LogP contribution in [0.3, 0.4) is 0 Å². The molecule has 0 aromatic rings. The van der Waals surface area contributed by atoms with Crippen molar-refractivity contribution in [2.45, 2.75) is 51.5 Å². The summed E-state index contributed by atoms with van der Waals surface area (Å²) in [4.78, 5) is 2.61. The van der Waals surface area contributed by atoms with Crippen LogP contribution in [0.2, 0.25) is 0 Å². The number of hydrogen-bond acceptors (Lipinski definition) is 3. The van der Waals surface area contributed by atoms with Crippen LogP contribution < -0.4 is 5.32 Å². The normalized spacial score (nSPS) is 15.7. The quantitative estimate of drug-likeness (QED) is 0.531. The molecule has 0 amide bonds. The Labute approximate surface area is 107 Å². The summed E-state index contributed by atoms with van der Waals surface area (Å²) < 4.78 is 5.17. The highest BCUT2D eigenvalue weighted by molar-refractivity contribution is 4.84. The predicted molar refractivity (Wildman–Crippen MR) is 73.5 cm³/mol. The molecule has 1 rings (SSSR count). The minimum atomic E-state index is 0.878. The highest BCUT2D eigenvalue weighted by Gasteiger charge is 2.27. The Hall–Kier alpha value is -0.120. The summed E-state index contributed by atoms with van der Waals surface area (Å²) >= 11 is 0. The summed E-state index contributed by atoms with van der Waals surface area (Å²) in [6.45, 7) is 7.85. The van der Waals surface area contributed by atoms with Crippen LogP contribution in [-0.4, -0.2) is 50.8 Å². The maximum atomic E-state index is 5.17. The Morgan fingerprint density at radius 1 is 1.12 bits per heavy atom. The van der Waals surface area contributed by atoms with Gasteiger partial charge in [0.1, 0.15) is 0 Å². The summed E-state index contributed by atoms with van der Waals surface area (Å²) in [5, 5.41) is 3.46. The van der Waals surface area contributed by atoms with Crippen LogP contribution in [0.4, 0.5) is 0 Å². The summed E-state index contributed by atoms with van der Waals surface area (Å²) in [6, 6.07) is 0.878. The summed E-state index contributed by atoms with van der Waals surface area (Å²) in [6.07, 6.45) is 8.07. The average molecular weight is 242 g/mol. The van der Waals surface area contributed by atoms with Crippen molar-refractivity contribution in [3.8, 4) is 0 Å². The molecule has 1 N–H and O–H groups in total. The Bertz CT molecular complexity index is 172. The molecule has 3 nitrogen and oxygen atoms in total. The average Bonchev–Trinajstić information content (AvgIpc) is 3.16. The molecule has 0 heterocycles. The van der Waals surface area contributed by atoms with Crippen LogP contribution in [0.1, 0.15) is 45.4 Å². The van der Waals surface area contributed by atoms with E-state index in [-0.39, 0.29) is 0 Å². The van der Waals surface area contributed by atoms with Gasteiger partial charge in [-0.05, 0) is 51.7 Å². The topological polar surface area (TPSA) is 24.5 Å². The van der Waals surface area contributed by atoms with E-state index >= 15 is 0 Å². The van der Waals surface area contributed by atoms with E-state index in [1.54, 1.807) is 7.11 Å². The fraction of sp³-hybridized carbons (Fsp3) is 1.00. The molecular weight excluding hydrogens is 212 g/mol. The van der Waals surface area contributed by atoms with Gasteiger partial charge in [0.25, 0.3) is 0 Å². The Balaban J connectivity index is 1.91. The first kappa shape index (κ1) is 14.9. The first-order valence-electron chi connectivity index (χ1n) is 7.32. The fourth-order valence-corrected chi connectivity index (χ4v) is 2.17. The lowest BCUT2D eigenvalue weighted by Gasteiger charge is -2.21. The highest BCUT2D eigenvalue weighted by atomic mass is 16.5. The van der Waals surface area contributed by atoms with Crippen LogP contribution in [0.25, 0.3) is 0 Å². The second-order valence-electron chi connectivity index (χ2n) is 5.07. The highest BCUT2D eigenvalue weighted by Crippen LogP contribution is 2.26. The zero-order valence-electron chi connectivity index (χ0n) is 11.7. The van der Waals surface area contributed by atoms with Gasteiger partial charge in [-0.3, -0.25) is 4.90 Å². The van der Waals surface area contributed by atoms with Crippen molar-refractivity contribution in [1.82, 2.24) is 10.2 Å². The smallest absolute Gasteiger partial charge is 0.0589 e. The van der Waals surface area contributed by atoms with Crippen LogP contribution in [0.15, 0.2) is 0 Å². The van der Waals surface area contributed by atoms with Crippen LogP contribution in [-0.2, 0) is 4.74 Å². The molecule has 0 bridgehead atoms. The van der Waals surface area contributed by atoms with E-state index in [1.807, 2.05) is 0 Å². The van der Waals surface area contributed by atoms with Crippen molar-refractivity contribution >= 4 is 0 Å². The van der Waals surface area contributed by atoms with Crippen molar-refractivity contribution in [2.24, 2.45) is 0 Å². The third kappa shape index (κ3) is 7.74. The lowest BCUT2D eigenvalue weighted by atomic mass is 10.2. The van der Waals surface area contributed by atoms with Crippen molar-refractivity contribution in [3.63, 3.8) is 0 Å². The number of ether oxygens (including phenoxy) is 1. The van der Waals surface area contributed by atoms with Gasteiger partial charge in [-0.15, -0.1) is 0 Å². The number of rotatable bonds is 12. The molecule has 1 fully saturated rings. The number of hydrogen-bond donors (Lipinski definition) is 1. The third-order valence-electron chi connectivity index (χ3n) is 3.37. The van der Waals surface area contributed by atoms with E-state index in [2.05, 4.69) is 17.1 Å². The molecule has 17 heavy (non-hydrogen) atoms. The molecule has 0 saturated heterocycles. The SMILES string of the molecule is CCCNCCCCCN(CCOC)C1CC1. The number of methoxy groups -OCH3 is 1. The van der Waals surface area contributed by atoms with E-state index in [0.29, 0.717) is 0 Å². The minimum Gasteiger partial charge on any atom is -0.383 e. The van der Waals surface area contributed by atoms with Crippen molar-refractivity contribution in [3.05, 3.63) is 0 Å². The second kappa shape index (κ2) is 9.86. The van der Waals surface area contributed by atoms with E-state index in [0.717, 1.165) is 19.2 Å². The molecule has 1 aliphatic carbocycles. The third-order valence-corrected chi connectivity index (χ3v) is 3.37. The molecular formula is C14H30N2O. The molecule has 0 atom stereocenters. The molecule has 102 valence electrons. The number of nitrogens with zero attached hydrogens (tertiary/aromatic N) is 1. The zero-order chi connectivity index (χ0) is 12.3. The number of nitrogens with one attached hydrogen (secondary N) is 1. The first-order chi connectivity index (χ1) is 8.38. The van der Waals surface area contributed by atoms with Gasteiger partial charge in [0.15, 0.2) is 0 Å². The van der Waals surface area contributed by atoms with E-state index < -0.39 is 0 Å². The molecule has 1 aliphatic rings. The van der Waals surface area contributed by atoms with Gasteiger partial charge in [-0.1, -0.05) is 13.3 Å². The second-order valence-corrected chi connectivity index (χ2v) is 5.07. The maximum Gasteiger partial charge on any atom is 0.0589 e. The fourth-order valence-electron chi connectivity index (χ4n) is 2.17. The summed E-state index contributed by atoms with van der Waals surface area (Å²) in [5.74, 6) is 0. The van der Waals surface area contributed by atoms with Gasteiger partial charge in [0.2, 0.25) is 0 Å². The van der Waals surface area contributed by atoms with Gasteiger partial charge >= 0.3 is 0 Å². The lowest BCUT2D eigenvalue weighted by molar-refractivity contribution is 0.142. The number of unbranched alkanes of at least 4 members (excludes halogenated alkanes) is 2. The molecule has 3 heteroatoms. The Morgan fingerprint density at radius 2 is 1.94 bits per heavy atom. The van der Waals surface area contributed by atoms with Gasteiger partial charge in [0, 0.05) is 19.7 Å². The monoisotopic (exact) mass is 242 g/mol. The standard InChI is InChI=1S/C14H30N2O/c1-3-9-15-10-5-4-6-11-16(12-13-17-2)14-7-8-14/h14-15H,3-13H2,1-2H3. The van der Waals surface area contributed by atoms with Crippen LogP contribution in [0.5, 0.6) is 0 Å². The molecule has 0 aromatic carbocycles. The largest absolute Gasteiger partial charge is 0.383 e. The molecule has 0 aromatic heterocycles. The summed E-state index contributed by atoms with van der Waals surface area (Å²) in [7, 11) is 1.80. The first-order valence-corrected chi connectivity index (χ1v) is 7.32. The van der Waals surface area contributed by atoms with Crippen molar-refractivity contribution < 1.29 is 4.74 Å². The van der Waals surface area contributed by atoms with Gasteiger partial charge in [-0.2, -0.15) is 0 Å². The Morgan fingerprint density at radius 3 is 2.59 bits per heavy atom. The van der Waals surface area contributed by atoms with Crippen molar-refractivity contribution in [2.75, 3.05) is 39.9 Å². The van der Waals surface area contributed by atoms with Crippen LogP contribution >= 0.6 is 0 Å². The molecule has 1 saturated carbocycles. The summed E-state index contributed by atoms with van der Waals surface area (Å²) in [5.41, 5.74) is 0. The maximum absolute atomic E-state index is 5.17. The van der Waals surface area contributed by atoms with E-state index in [4.69, 9.17) is 4.74 Å². The van der Waals surface area contributed by atoms with Gasteiger partial charge in [0.05, 0.1) is 6.61 Å². The minimum absolute atomic E-state index is 0.878. The molecule has 0 aliphatic heterocycles. The molecule has 0 spiro atoms. The predicted octanol–water partition coefficient (Wildman–Crippen LogP) is 2.27.